The highest BCUT2D eigenvalue weighted by molar-refractivity contribution is 9.10. The maximum Gasteiger partial charge on any atom is 0.379 e. The normalized spacial score (nSPS) is 10.9. The van der Waals surface area contributed by atoms with Gasteiger partial charge in [-0.15, -0.1) is 0 Å². The Kier molecular flexibility index (Phi) is 6.76. The van der Waals surface area contributed by atoms with Crippen LogP contribution in [0.4, 0.5) is 5.69 Å². The summed E-state index contributed by atoms with van der Waals surface area (Å²) in [6.07, 6.45) is 1.38. The summed E-state index contributed by atoms with van der Waals surface area (Å²) < 4.78 is 11.0. The minimum Gasteiger partial charge on any atom is -0.457 e. The first kappa shape index (κ1) is 21.0. The fraction of sp³-hybridized carbons (Fsp3) is 0.0476. The molecule has 0 bridgehead atoms. The molecule has 0 aliphatic heterocycles. The lowest BCUT2D eigenvalue weighted by molar-refractivity contribution is -0.136. The van der Waals surface area contributed by atoms with Crippen LogP contribution in [-0.2, 0) is 9.59 Å². The molecule has 0 fully saturated rings. The summed E-state index contributed by atoms with van der Waals surface area (Å²) in [7, 11) is 0. The second-order valence-corrected chi connectivity index (χ2v) is 6.91. The Balaban J connectivity index is 1.55. The molecule has 8 nitrogen and oxygen atoms in total. The third-order valence-corrected chi connectivity index (χ3v) is 4.37. The predicted molar refractivity (Wildman–Crippen MR) is 113 cm³/mol. The maximum absolute atomic E-state index is 11.9. The van der Waals surface area contributed by atoms with Crippen LogP contribution in [0.2, 0.25) is 0 Å². The average molecular weight is 470 g/mol. The van der Waals surface area contributed by atoms with E-state index in [1.54, 1.807) is 61.5 Å². The van der Waals surface area contributed by atoms with Crippen LogP contribution >= 0.6 is 15.9 Å². The van der Waals surface area contributed by atoms with Crippen LogP contribution in [0.1, 0.15) is 23.0 Å². The van der Waals surface area contributed by atoms with E-state index >= 15 is 0 Å². The number of carbonyl (C=O) groups excluding carboxylic acids is 3. The number of hydrazone groups is 1. The van der Waals surface area contributed by atoms with E-state index in [4.69, 9.17) is 9.15 Å². The zero-order chi connectivity index (χ0) is 21.5. The van der Waals surface area contributed by atoms with Crippen molar-refractivity contribution in [1.29, 1.82) is 0 Å². The molecule has 2 amide bonds. The largest absolute Gasteiger partial charge is 0.457 e. The van der Waals surface area contributed by atoms with Gasteiger partial charge in [0.2, 0.25) is 5.76 Å². The van der Waals surface area contributed by atoms with Crippen molar-refractivity contribution in [2.75, 3.05) is 5.32 Å². The Labute approximate surface area is 180 Å². The predicted octanol–water partition coefficient (Wildman–Crippen LogP) is 3.74. The lowest BCUT2D eigenvalue weighted by atomic mass is 10.1. The number of esters is 1. The van der Waals surface area contributed by atoms with Crippen molar-refractivity contribution in [2.45, 2.75) is 6.92 Å². The molecule has 0 spiro atoms. The first-order valence-electron chi connectivity index (χ1n) is 8.69. The molecule has 2 N–H and O–H groups in total. The second-order valence-electron chi connectivity index (χ2n) is 5.99. The van der Waals surface area contributed by atoms with Crippen LogP contribution in [0, 0.1) is 0 Å². The molecular formula is C21H16BrN3O5. The van der Waals surface area contributed by atoms with E-state index in [1.165, 1.54) is 12.3 Å². The van der Waals surface area contributed by atoms with Gasteiger partial charge in [-0.05, 0) is 73.2 Å². The van der Waals surface area contributed by atoms with Crippen molar-refractivity contribution in [3.8, 4) is 5.75 Å². The first-order valence-corrected chi connectivity index (χ1v) is 9.49. The van der Waals surface area contributed by atoms with Crippen LogP contribution < -0.4 is 15.5 Å². The standard InChI is InChI=1S/C21H16BrN3O5/c1-13(24-25-20(27)19(26)23-16-8-6-15(22)7-9-16)14-4-10-17(11-5-14)30-21(28)18-3-2-12-29-18/h2-12H,1H3,(H,23,26)(H,25,27). The highest BCUT2D eigenvalue weighted by Crippen LogP contribution is 2.16. The van der Waals surface area contributed by atoms with Gasteiger partial charge in [0.25, 0.3) is 0 Å². The summed E-state index contributed by atoms with van der Waals surface area (Å²) in [6.45, 7) is 1.66. The Hall–Kier alpha value is -3.72. The van der Waals surface area contributed by atoms with Crippen molar-refractivity contribution in [3.05, 3.63) is 82.7 Å². The van der Waals surface area contributed by atoms with Gasteiger partial charge in [-0.3, -0.25) is 9.59 Å². The van der Waals surface area contributed by atoms with E-state index in [9.17, 15) is 14.4 Å². The molecule has 0 saturated carbocycles. The first-order chi connectivity index (χ1) is 14.4. The monoisotopic (exact) mass is 469 g/mol. The molecular weight excluding hydrogens is 454 g/mol. The smallest absolute Gasteiger partial charge is 0.379 e. The van der Waals surface area contributed by atoms with Gasteiger partial charge in [0, 0.05) is 10.2 Å². The molecule has 0 unspecified atom stereocenters. The van der Waals surface area contributed by atoms with Gasteiger partial charge in [0.05, 0.1) is 12.0 Å². The summed E-state index contributed by atoms with van der Waals surface area (Å²) in [5.74, 6) is -1.93. The number of nitrogens with zero attached hydrogens (tertiary/aromatic N) is 1. The number of nitrogens with one attached hydrogen (secondary N) is 2. The van der Waals surface area contributed by atoms with E-state index in [0.29, 0.717) is 22.7 Å². The number of halogens is 1. The summed E-state index contributed by atoms with van der Waals surface area (Å²) in [4.78, 5) is 35.7. The maximum atomic E-state index is 11.9. The molecule has 1 aromatic heterocycles. The van der Waals surface area contributed by atoms with Crippen molar-refractivity contribution in [2.24, 2.45) is 5.10 Å². The number of hydrogen-bond acceptors (Lipinski definition) is 6. The van der Waals surface area contributed by atoms with Crippen LogP contribution in [0.25, 0.3) is 0 Å². The van der Waals surface area contributed by atoms with Crippen molar-refractivity contribution < 1.29 is 23.5 Å². The quantitative estimate of drug-likeness (QED) is 0.194. The summed E-state index contributed by atoms with van der Waals surface area (Å²) >= 11 is 3.29. The summed E-state index contributed by atoms with van der Waals surface area (Å²) in [5, 5.41) is 6.40. The molecule has 30 heavy (non-hydrogen) atoms. The minimum absolute atomic E-state index is 0.0981. The molecule has 152 valence electrons. The molecule has 2 aromatic carbocycles. The van der Waals surface area contributed by atoms with Crippen molar-refractivity contribution >= 4 is 45.1 Å². The number of hydrogen-bond donors (Lipinski definition) is 2. The van der Waals surface area contributed by atoms with Gasteiger partial charge in [0.15, 0.2) is 0 Å². The zero-order valence-corrected chi connectivity index (χ0v) is 17.3. The molecule has 9 heteroatoms. The average Bonchev–Trinajstić information content (AvgIpc) is 3.29. The molecule has 1 heterocycles. The number of benzene rings is 2. The van der Waals surface area contributed by atoms with Gasteiger partial charge in [-0.25, -0.2) is 10.2 Å². The minimum atomic E-state index is -0.902. The van der Waals surface area contributed by atoms with E-state index in [1.807, 2.05) is 0 Å². The Bertz CT molecular complexity index is 1070. The summed E-state index contributed by atoms with van der Waals surface area (Å²) in [6, 6.07) is 16.4. The van der Waals surface area contributed by atoms with Gasteiger partial charge in [0.1, 0.15) is 5.75 Å². The van der Waals surface area contributed by atoms with Crippen LogP contribution in [0.5, 0.6) is 5.75 Å². The van der Waals surface area contributed by atoms with Gasteiger partial charge >= 0.3 is 17.8 Å². The number of furan rings is 1. The van der Waals surface area contributed by atoms with E-state index in [2.05, 4.69) is 31.8 Å². The molecule has 0 aliphatic rings. The molecule has 0 aliphatic carbocycles. The molecule has 3 aromatic rings. The zero-order valence-electron chi connectivity index (χ0n) is 15.7. The van der Waals surface area contributed by atoms with Gasteiger partial charge in [-0.2, -0.15) is 5.10 Å². The number of ether oxygens (including phenoxy) is 1. The number of carbonyl (C=O) groups is 3. The fourth-order valence-electron chi connectivity index (χ4n) is 2.29. The third-order valence-electron chi connectivity index (χ3n) is 3.84. The number of anilines is 1. The number of rotatable bonds is 5. The molecule has 0 saturated heterocycles. The topological polar surface area (TPSA) is 110 Å². The Morgan fingerprint density at radius 2 is 1.67 bits per heavy atom. The van der Waals surface area contributed by atoms with E-state index in [0.717, 1.165) is 4.47 Å². The fourth-order valence-corrected chi connectivity index (χ4v) is 2.55. The molecule has 0 atom stereocenters. The van der Waals surface area contributed by atoms with Crippen LogP contribution in [0.15, 0.2) is 80.9 Å². The van der Waals surface area contributed by atoms with Crippen molar-refractivity contribution in [1.82, 2.24) is 5.43 Å². The van der Waals surface area contributed by atoms with E-state index in [-0.39, 0.29) is 5.76 Å². The molecule has 0 radical (unpaired) electrons. The molecule has 3 rings (SSSR count). The SMILES string of the molecule is CC(=NNC(=O)C(=O)Nc1ccc(Br)cc1)c1ccc(OC(=O)c2ccco2)cc1. The Morgan fingerprint density at radius 1 is 0.967 bits per heavy atom. The Morgan fingerprint density at radius 3 is 2.30 bits per heavy atom. The van der Waals surface area contributed by atoms with Crippen LogP contribution in [-0.4, -0.2) is 23.5 Å². The van der Waals surface area contributed by atoms with Gasteiger partial charge < -0.3 is 14.5 Å². The van der Waals surface area contributed by atoms with Crippen LogP contribution in [0.3, 0.4) is 0 Å². The summed E-state index contributed by atoms with van der Waals surface area (Å²) in [5.41, 5.74) is 3.82. The highest BCUT2D eigenvalue weighted by Gasteiger charge is 2.14. The lowest BCUT2D eigenvalue weighted by Gasteiger charge is -2.06. The lowest BCUT2D eigenvalue weighted by Crippen LogP contribution is -2.32. The van der Waals surface area contributed by atoms with E-state index < -0.39 is 17.8 Å². The van der Waals surface area contributed by atoms with Gasteiger partial charge in [-0.1, -0.05) is 15.9 Å². The second kappa shape index (κ2) is 9.66. The third kappa shape index (κ3) is 5.65. The highest BCUT2D eigenvalue weighted by atomic mass is 79.9. The van der Waals surface area contributed by atoms with Crippen molar-refractivity contribution in [3.63, 3.8) is 0 Å². The number of amides is 2.